The molecule has 1 N–H and O–H groups in total. The van der Waals surface area contributed by atoms with Gasteiger partial charge in [0.1, 0.15) is 0 Å². The maximum Gasteiger partial charge on any atom is 0.0931 e. The van der Waals surface area contributed by atoms with Gasteiger partial charge in [-0.2, -0.15) is 0 Å². The van der Waals surface area contributed by atoms with Crippen LogP contribution in [-0.4, -0.2) is 9.97 Å². The van der Waals surface area contributed by atoms with Gasteiger partial charge in [0.15, 0.2) is 0 Å². The molecule has 0 saturated heterocycles. The Labute approximate surface area is 94.4 Å². The van der Waals surface area contributed by atoms with Gasteiger partial charge in [-0.3, -0.25) is 0 Å². The van der Waals surface area contributed by atoms with E-state index in [0.717, 1.165) is 6.42 Å². The molecule has 0 amide bonds. The first-order valence-electron chi connectivity index (χ1n) is 5.48. The van der Waals surface area contributed by atoms with Crippen LogP contribution in [0.1, 0.15) is 31.2 Å². The highest BCUT2D eigenvalue weighted by atomic mass is 32.1. The third-order valence-electron chi connectivity index (χ3n) is 2.41. The summed E-state index contributed by atoms with van der Waals surface area (Å²) in [6, 6.07) is 4.11. The van der Waals surface area contributed by atoms with Crippen LogP contribution in [0.5, 0.6) is 0 Å². The summed E-state index contributed by atoms with van der Waals surface area (Å²) in [6.45, 7) is 2.23. The molecule has 0 bridgehead atoms. The van der Waals surface area contributed by atoms with E-state index in [9.17, 15) is 0 Å². The summed E-state index contributed by atoms with van der Waals surface area (Å²) in [5.74, 6) is 0. The lowest BCUT2D eigenvalue weighted by Gasteiger charge is -1.93. The van der Waals surface area contributed by atoms with Crippen molar-refractivity contribution < 1.29 is 0 Å². The topological polar surface area (TPSA) is 28.7 Å². The van der Waals surface area contributed by atoms with Crippen LogP contribution in [0, 0.1) is 0 Å². The zero-order chi connectivity index (χ0) is 10.5. The minimum Gasteiger partial charge on any atom is -0.360 e. The molecule has 15 heavy (non-hydrogen) atoms. The SMILES string of the molecule is CCCCCc1ncc(-c2ccc[nH]2)s1. The first-order valence-corrected chi connectivity index (χ1v) is 6.30. The summed E-state index contributed by atoms with van der Waals surface area (Å²) in [7, 11) is 0. The number of nitrogens with one attached hydrogen (secondary N) is 1. The van der Waals surface area contributed by atoms with E-state index in [1.165, 1.54) is 34.8 Å². The minimum absolute atomic E-state index is 1.12. The van der Waals surface area contributed by atoms with Crippen LogP contribution < -0.4 is 0 Å². The molecule has 0 fully saturated rings. The van der Waals surface area contributed by atoms with Gasteiger partial charge in [0, 0.05) is 12.4 Å². The fraction of sp³-hybridized carbons (Fsp3) is 0.417. The first kappa shape index (κ1) is 10.4. The van der Waals surface area contributed by atoms with Crippen LogP contribution in [0.3, 0.4) is 0 Å². The molecular formula is C12H16N2S. The van der Waals surface area contributed by atoms with Crippen molar-refractivity contribution in [2.24, 2.45) is 0 Å². The highest BCUT2D eigenvalue weighted by Gasteiger charge is 2.04. The van der Waals surface area contributed by atoms with Crippen molar-refractivity contribution in [3.8, 4) is 10.6 Å². The van der Waals surface area contributed by atoms with E-state index >= 15 is 0 Å². The number of hydrogen-bond donors (Lipinski definition) is 1. The van der Waals surface area contributed by atoms with Gasteiger partial charge in [-0.05, 0) is 25.0 Å². The first-order chi connectivity index (χ1) is 7.40. The van der Waals surface area contributed by atoms with Crippen molar-refractivity contribution in [1.82, 2.24) is 9.97 Å². The monoisotopic (exact) mass is 220 g/mol. The number of aryl methyl sites for hydroxylation is 1. The van der Waals surface area contributed by atoms with Gasteiger partial charge in [-0.15, -0.1) is 11.3 Å². The number of nitrogens with zero attached hydrogens (tertiary/aromatic N) is 1. The normalized spacial score (nSPS) is 10.7. The van der Waals surface area contributed by atoms with E-state index in [0.29, 0.717) is 0 Å². The zero-order valence-corrected chi connectivity index (χ0v) is 9.81. The van der Waals surface area contributed by atoms with Crippen LogP contribution in [0.15, 0.2) is 24.5 Å². The third-order valence-corrected chi connectivity index (χ3v) is 3.50. The Kier molecular flexibility index (Phi) is 3.56. The van der Waals surface area contributed by atoms with Crippen molar-refractivity contribution in [3.63, 3.8) is 0 Å². The van der Waals surface area contributed by atoms with E-state index in [-0.39, 0.29) is 0 Å². The molecule has 2 rings (SSSR count). The van der Waals surface area contributed by atoms with Gasteiger partial charge in [0.25, 0.3) is 0 Å². The van der Waals surface area contributed by atoms with Crippen LogP contribution in [0.4, 0.5) is 0 Å². The molecule has 3 heteroatoms. The van der Waals surface area contributed by atoms with Gasteiger partial charge in [0.2, 0.25) is 0 Å². The maximum absolute atomic E-state index is 4.44. The zero-order valence-electron chi connectivity index (χ0n) is 8.99. The summed E-state index contributed by atoms with van der Waals surface area (Å²) < 4.78 is 0. The Bertz CT molecular complexity index is 389. The van der Waals surface area contributed by atoms with Crippen molar-refractivity contribution in [2.75, 3.05) is 0 Å². The highest BCUT2D eigenvalue weighted by Crippen LogP contribution is 2.25. The van der Waals surface area contributed by atoms with E-state index < -0.39 is 0 Å². The average molecular weight is 220 g/mol. The molecule has 2 nitrogen and oxygen atoms in total. The van der Waals surface area contributed by atoms with E-state index in [4.69, 9.17) is 0 Å². The standard InChI is InChI=1S/C12H16N2S/c1-2-3-4-7-12-14-9-11(15-12)10-6-5-8-13-10/h5-6,8-9,13H,2-4,7H2,1H3. The Hall–Kier alpha value is -1.09. The number of aromatic amines is 1. The van der Waals surface area contributed by atoms with E-state index in [1.807, 2.05) is 18.5 Å². The second-order valence-electron chi connectivity index (χ2n) is 3.66. The summed E-state index contributed by atoms with van der Waals surface area (Å²) in [5, 5.41) is 1.26. The van der Waals surface area contributed by atoms with Gasteiger partial charge in [-0.25, -0.2) is 4.98 Å². The average Bonchev–Trinajstić information content (AvgIpc) is 2.87. The predicted octanol–water partition coefficient (Wildman–Crippen LogP) is 3.87. The Morgan fingerprint density at radius 2 is 2.33 bits per heavy atom. The largest absolute Gasteiger partial charge is 0.360 e. The van der Waals surface area contributed by atoms with Gasteiger partial charge < -0.3 is 4.98 Å². The molecule has 0 spiro atoms. The van der Waals surface area contributed by atoms with Gasteiger partial charge in [-0.1, -0.05) is 19.8 Å². The molecule has 0 aromatic carbocycles. The number of H-pyrrole nitrogens is 1. The van der Waals surface area contributed by atoms with Crippen molar-refractivity contribution >= 4 is 11.3 Å². The molecule has 2 heterocycles. The van der Waals surface area contributed by atoms with Crippen molar-refractivity contribution in [3.05, 3.63) is 29.5 Å². The third kappa shape index (κ3) is 2.69. The lowest BCUT2D eigenvalue weighted by atomic mass is 10.2. The minimum atomic E-state index is 1.12. The fourth-order valence-corrected chi connectivity index (χ4v) is 2.51. The number of rotatable bonds is 5. The second-order valence-corrected chi connectivity index (χ2v) is 4.77. The summed E-state index contributed by atoms with van der Waals surface area (Å²) in [5.41, 5.74) is 1.18. The number of aromatic nitrogens is 2. The number of hydrogen-bond acceptors (Lipinski definition) is 2. The fourth-order valence-electron chi connectivity index (χ4n) is 1.56. The number of unbranched alkanes of at least 4 members (excludes halogenated alkanes) is 2. The summed E-state index contributed by atoms with van der Waals surface area (Å²) >= 11 is 1.80. The Balaban J connectivity index is 1.98. The van der Waals surface area contributed by atoms with Crippen LogP contribution in [0.25, 0.3) is 10.6 Å². The van der Waals surface area contributed by atoms with Crippen molar-refractivity contribution in [1.29, 1.82) is 0 Å². The molecule has 0 aliphatic heterocycles. The Morgan fingerprint density at radius 1 is 1.40 bits per heavy atom. The van der Waals surface area contributed by atoms with Crippen molar-refractivity contribution in [2.45, 2.75) is 32.6 Å². The van der Waals surface area contributed by atoms with Crippen LogP contribution in [-0.2, 0) is 6.42 Å². The van der Waals surface area contributed by atoms with Crippen LogP contribution in [0.2, 0.25) is 0 Å². The molecule has 0 aliphatic rings. The second kappa shape index (κ2) is 5.12. The lowest BCUT2D eigenvalue weighted by molar-refractivity contribution is 0.715. The molecule has 2 aromatic heterocycles. The molecule has 0 atom stereocenters. The molecule has 0 radical (unpaired) electrons. The quantitative estimate of drug-likeness (QED) is 0.761. The molecule has 0 aliphatic carbocycles. The van der Waals surface area contributed by atoms with Gasteiger partial charge >= 0.3 is 0 Å². The lowest BCUT2D eigenvalue weighted by Crippen LogP contribution is -1.81. The van der Waals surface area contributed by atoms with Gasteiger partial charge in [0.05, 0.1) is 15.6 Å². The molecule has 0 unspecified atom stereocenters. The van der Waals surface area contributed by atoms with E-state index in [1.54, 1.807) is 11.3 Å². The predicted molar refractivity (Wildman–Crippen MR) is 65.1 cm³/mol. The molecule has 0 saturated carbocycles. The maximum atomic E-state index is 4.44. The summed E-state index contributed by atoms with van der Waals surface area (Å²) in [4.78, 5) is 8.89. The summed E-state index contributed by atoms with van der Waals surface area (Å²) in [6.07, 6.45) is 8.88. The number of thiazole rings is 1. The van der Waals surface area contributed by atoms with E-state index in [2.05, 4.69) is 23.0 Å². The smallest absolute Gasteiger partial charge is 0.0931 e. The Morgan fingerprint density at radius 3 is 3.07 bits per heavy atom. The molecule has 2 aromatic rings. The van der Waals surface area contributed by atoms with Crippen LogP contribution >= 0.6 is 11.3 Å². The molecular weight excluding hydrogens is 204 g/mol. The molecule has 80 valence electrons. The highest BCUT2D eigenvalue weighted by molar-refractivity contribution is 7.15.